The van der Waals surface area contributed by atoms with Crippen molar-refractivity contribution in [2.45, 2.75) is 18.4 Å². The number of benzene rings is 1. The predicted octanol–water partition coefficient (Wildman–Crippen LogP) is 1.41. The molecular weight excluding hydrogens is 208 g/mol. The number of hydrogen-bond donors (Lipinski definition) is 2. The number of thioether (sulfide) groups is 1. The van der Waals surface area contributed by atoms with Gasteiger partial charge in [0.2, 0.25) is 0 Å². The van der Waals surface area contributed by atoms with E-state index in [1.165, 1.54) is 17.5 Å². The summed E-state index contributed by atoms with van der Waals surface area (Å²) in [5.74, 6) is 2.33. The highest BCUT2D eigenvalue weighted by molar-refractivity contribution is 7.99. The van der Waals surface area contributed by atoms with Gasteiger partial charge in [-0.25, -0.2) is 0 Å². The van der Waals surface area contributed by atoms with Crippen LogP contribution in [0.15, 0.2) is 24.3 Å². The average Bonchev–Trinajstić information content (AvgIpc) is 2.24. The van der Waals surface area contributed by atoms with E-state index >= 15 is 0 Å². The van der Waals surface area contributed by atoms with Crippen molar-refractivity contribution in [3.8, 4) is 0 Å². The summed E-state index contributed by atoms with van der Waals surface area (Å²) in [6.45, 7) is -0.131. The lowest BCUT2D eigenvalue weighted by atomic mass is 9.79. The second-order valence-corrected chi connectivity index (χ2v) is 5.05. The van der Waals surface area contributed by atoms with Crippen LogP contribution in [0.3, 0.4) is 0 Å². The maximum atomic E-state index is 9.19. The second kappa shape index (κ2) is 5.01. The Hall–Kier alpha value is -0.510. The molecule has 0 aromatic heterocycles. The third-order valence-corrected chi connectivity index (χ3v) is 4.06. The van der Waals surface area contributed by atoms with Crippen LogP contribution in [0.1, 0.15) is 17.0 Å². The Kier molecular flexibility index (Phi) is 3.67. The summed E-state index contributed by atoms with van der Waals surface area (Å²) in [6, 6.07) is 8.53. The van der Waals surface area contributed by atoms with Gasteiger partial charge in [-0.3, -0.25) is 0 Å². The number of aliphatic hydroxyl groups is 2. The first kappa shape index (κ1) is 11.0. The summed E-state index contributed by atoms with van der Waals surface area (Å²) in [7, 11) is 0. The number of fused-ring (bicyclic) bond motifs is 1. The van der Waals surface area contributed by atoms with Gasteiger partial charge in [0, 0.05) is 11.5 Å². The molecule has 0 aliphatic heterocycles. The molecule has 2 atom stereocenters. The van der Waals surface area contributed by atoms with Crippen LogP contribution in [0.4, 0.5) is 0 Å². The SMILES string of the molecule is OCC(O)CSCC1Cc2ccccc21. The molecule has 2 unspecified atom stereocenters. The molecule has 82 valence electrons. The monoisotopic (exact) mass is 224 g/mol. The van der Waals surface area contributed by atoms with Crippen LogP contribution in [0.2, 0.25) is 0 Å². The minimum atomic E-state index is -0.565. The van der Waals surface area contributed by atoms with E-state index in [1.807, 2.05) is 0 Å². The van der Waals surface area contributed by atoms with Gasteiger partial charge < -0.3 is 10.2 Å². The van der Waals surface area contributed by atoms with Crippen molar-refractivity contribution in [1.29, 1.82) is 0 Å². The first-order chi connectivity index (χ1) is 7.31. The second-order valence-electron chi connectivity index (χ2n) is 3.97. The summed E-state index contributed by atoms with van der Waals surface area (Å²) >= 11 is 1.72. The van der Waals surface area contributed by atoms with E-state index in [2.05, 4.69) is 24.3 Å². The van der Waals surface area contributed by atoms with Crippen molar-refractivity contribution >= 4 is 11.8 Å². The summed E-state index contributed by atoms with van der Waals surface area (Å²) in [5.41, 5.74) is 2.93. The molecule has 2 rings (SSSR count). The van der Waals surface area contributed by atoms with E-state index < -0.39 is 6.10 Å². The minimum absolute atomic E-state index is 0.131. The largest absolute Gasteiger partial charge is 0.394 e. The molecule has 0 heterocycles. The minimum Gasteiger partial charge on any atom is -0.394 e. The molecule has 15 heavy (non-hydrogen) atoms. The molecule has 1 aromatic rings. The smallest absolute Gasteiger partial charge is 0.0861 e. The fourth-order valence-corrected chi connectivity index (χ4v) is 3.01. The van der Waals surface area contributed by atoms with Gasteiger partial charge in [0.05, 0.1) is 12.7 Å². The van der Waals surface area contributed by atoms with Crippen LogP contribution >= 0.6 is 11.8 Å². The van der Waals surface area contributed by atoms with Crippen molar-refractivity contribution in [3.05, 3.63) is 35.4 Å². The van der Waals surface area contributed by atoms with Crippen LogP contribution in [-0.2, 0) is 6.42 Å². The van der Waals surface area contributed by atoms with Gasteiger partial charge in [-0.15, -0.1) is 0 Å². The molecule has 0 bridgehead atoms. The fraction of sp³-hybridized carbons (Fsp3) is 0.500. The fourth-order valence-electron chi connectivity index (χ4n) is 1.91. The zero-order chi connectivity index (χ0) is 10.7. The lowest BCUT2D eigenvalue weighted by Crippen LogP contribution is -2.21. The lowest BCUT2D eigenvalue weighted by Gasteiger charge is -2.29. The molecule has 1 aliphatic carbocycles. The van der Waals surface area contributed by atoms with Crippen molar-refractivity contribution in [3.63, 3.8) is 0 Å². The molecule has 0 amide bonds. The zero-order valence-electron chi connectivity index (χ0n) is 8.60. The standard InChI is InChI=1S/C12H16O2S/c13-6-11(14)8-15-7-10-5-9-3-1-2-4-12(9)10/h1-4,10-11,13-14H,5-8H2. The van der Waals surface area contributed by atoms with E-state index in [9.17, 15) is 5.11 Å². The Morgan fingerprint density at radius 2 is 2.20 bits per heavy atom. The third kappa shape index (κ3) is 2.54. The van der Waals surface area contributed by atoms with Gasteiger partial charge in [0.25, 0.3) is 0 Å². The van der Waals surface area contributed by atoms with Crippen LogP contribution in [-0.4, -0.2) is 34.4 Å². The summed E-state index contributed by atoms with van der Waals surface area (Å²) in [5, 5.41) is 17.9. The van der Waals surface area contributed by atoms with E-state index in [4.69, 9.17) is 5.11 Å². The molecule has 1 aliphatic rings. The Balaban J connectivity index is 1.75. The van der Waals surface area contributed by atoms with Crippen molar-refractivity contribution in [2.24, 2.45) is 0 Å². The quantitative estimate of drug-likeness (QED) is 0.794. The Morgan fingerprint density at radius 1 is 1.40 bits per heavy atom. The number of rotatable bonds is 5. The lowest BCUT2D eigenvalue weighted by molar-refractivity contribution is 0.113. The van der Waals surface area contributed by atoms with E-state index in [0.29, 0.717) is 11.7 Å². The normalized spacial score (nSPS) is 20.5. The molecule has 0 spiro atoms. The average molecular weight is 224 g/mol. The van der Waals surface area contributed by atoms with Crippen molar-refractivity contribution < 1.29 is 10.2 Å². The van der Waals surface area contributed by atoms with E-state index in [0.717, 1.165) is 5.75 Å². The molecule has 0 saturated carbocycles. The first-order valence-electron chi connectivity index (χ1n) is 5.25. The van der Waals surface area contributed by atoms with Crippen LogP contribution in [0.25, 0.3) is 0 Å². The first-order valence-corrected chi connectivity index (χ1v) is 6.41. The summed E-state index contributed by atoms with van der Waals surface area (Å²) < 4.78 is 0. The third-order valence-electron chi connectivity index (χ3n) is 2.80. The van der Waals surface area contributed by atoms with Crippen molar-refractivity contribution in [1.82, 2.24) is 0 Å². The Labute approximate surface area is 94.3 Å². The maximum absolute atomic E-state index is 9.19. The highest BCUT2D eigenvalue weighted by atomic mass is 32.2. The predicted molar refractivity (Wildman–Crippen MR) is 63.3 cm³/mol. The number of hydrogen-bond acceptors (Lipinski definition) is 3. The Bertz CT molecular complexity index is 327. The zero-order valence-corrected chi connectivity index (χ0v) is 9.41. The molecular formula is C12H16O2S. The maximum Gasteiger partial charge on any atom is 0.0861 e. The molecule has 2 N–H and O–H groups in total. The van der Waals surface area contributed by atoms with Crippen LogP contribution < -0.4 is 0 Å². The molecule has 3 heteroatoms. The van der Waals surface area contributed by atoms with Gasteiger partial charge in [-0.05, 0) is 23.5 Å². The van der Waals surface area contributed by atoms with Crippen LogP contribution in [0.5, 0.6) is 0 Å². The molecule has 0 fully saturated rings. The summed E-state index contributed by atoms with van der Waals surface area (Å²) in [4.78, 5) is 0. The van der Waals surface area contributed by atoms with E-state index in [-0.39, 0.29) is 6.61 Å². The molecule has 1 aromatic carbocycles. The van der Waals surface area contributed by atoms with Gasteiger partial charge in [0.15, 0.2) is 0 Å². The molecule has 2 nitrogen and oxygen atoms in total. The number of aliphatic hydroxyl groups excluding tert-OH is 2. The highest BCUT2D eigenvalue weighted by Crippen LogP contribution is 2.36. The van der Waals surface area contributed by atoms with Gasteiger partial charge >= 0.3 is 0 Å². The van der Waals surface area contributed by atoms with Crippen molar-refractivity contribution in [2.75, 3.05) is 18.1 Å². The highest BCUT2D eigenvalue weighted by Gasteiger charge is 2.24. The van der Waals surface area contributed by atoms with E-state index in [1.54, 1.807) is 11.8 Å². The Morgan fingerprint density at radius 3 is 2.93 bits per heavy atom. The topological polar surface area (TPSA) is 40.5 Å². The summed E-state index contributed by atoms with van der Waals surface area (Å²) in [6.07, 6.45) is 0.601. The van der Waals surface area contributed by atoms with Gasteiger partial charge in [0.1, 0.15) is 0 Å². The van der Waals surface area contributed by atoms with Crippen LogP contribution in [0, 0.1) is 0 Å². The van der Waals surface area contributed by atoms with Gasteiger partial charge in [-0.2, -0.15) is 11.8 Å². The molecule has 0 radical (unpaired) electrons. The molecule has 0 saturated heterocycles. The van der Waals surface area contributed by atoms with Gasteiger partial charge in [-0.1, -0.05) is 24.3 Å².